The monoisotopic (exact) mass is 289 g/mol. The zero-order valence-electron chi connectivity index (χ0n) is 12.3. The van der Waals surface area contributed by atoms with E-state index in [9.17, 15) is 4.79 Å². The van der Waals surface area contributed by atoms with E-state index in [0.29, 0.717) is 0 Å². The third-order valence-corrected chi connectivity index (χ3v) is 4.43. The second-order valence-electron chi connectivity index (χ2n) is 5.87. The minimum Gasteiger partial charge on any atom is -0.490 e. The number of benzene rings is 1. The summed E-state index contributed by atoms with van der Waals surface area (Å²) in [5.41, 5.74) is 7.79. The maximum atomic E-state index is 11.2. The number of primary amides is 1. The van der Waals surface area contributed by atoms with Crippen LogP contribution in [-0.4, -0.2) is 43.6 Å². The Labute approximate surface area is 125 Å². The summed E-state index contributed by atoms with van der Waals surface area (Å²) in [6.07, 6.45) is 2.82. The van der Waals surface area contributed by atoms with Crippen LogP contribution in [0.3, 0.4) is 0 Å². The zero-order chi connectivity index (χ0) is 14.7. The number of nitrogens with one attached hydrogen (secondary N) is 1. The van der Waals surface area contributed by atoms with Crippen molar-refractivity contribution in [3.63, 3.8) is 0 Å². The van der Waals surface area contributed by atoms with Crippen LogP contribution in [0.1, 0.15) is 18.4 Å². The number of piperidine rings is 1. The second-order valence-corrected chi connectivity index (χ2v) is 5.87. The molecule has 3 N–H and O–H groups in total. The van der Waals surface area contributed by atoms with Crippen LogP contribution in [0.4, 0.5) is 5.69 Å². The number of hydrogen-bond acceptors (Lipinski definition) is 4. The number of ether oxygens (including phenoxy) is 1. The molecule has 1 amide bonds. The van der Waals surface area contributed by atoms with E-state index >= 15 is 0 Å². The molecule has 0 bridgehead atoms. The Morgan fingerprint density at radius 3 is 2.95 bits per heavy atom. The van der Waals surface area contributed by atoms with Crippen molar-refractivity contribution >= 4 is 11.6 Å². The molecule has 0 atom stereocenters. The number of anilines is 1. The minimum absolute atomic E-state index is 0.0753. The third kappa shape index (κ3) is 3.47. The molecule has 1 aromatic rings. The Morgan fingerprint density at radius 1 is 1.38 bits per heavy atom. The lowest BCUT2D eigenvalue weighted by Gasteiger charge is -2.30. The third-order valence-electron chi connectivity index (χ3n) is 4.43. The summed E-state index contributed by atoms with van der Waals surface area (Å²) < 4.78 is 5.59. The summed E-state index contributed by atoms with van der Waals surface area (Å²) in [6, 6.07) is 6.38. The molecule has 2 aliphatic rings. The summed E-state index contributed by atoms with van der Waals surface area (Å²) in [4.78, 5) is 13.6. The van der Waals surface area contributed by atoms with Crippen LogP contribution >= 0.6 is 0 Å². The molecular formula is C16H23N3O2. The maximum absolute atomic E-state index is 11.2. The zero-order valence-corrected chi connectivity index (χ0v) is 12.3. The number of nitrogens with two attached hydrogens (primary N) is 1. The van der Waals surface area contributed by atoms with E-state index < -0.39 is 0 Å². The number of hydrogen-bond donors (Lipinski definition) is 2. The summed E-state index contributed by atoms with van der Waals surface area (Å²) >= 11 is 0. The number of carbonyl (C=O) groups is 1. The fourth-order valence-electron chi connectivity index (χ4n) is 3.07. The normalized spacial score (nSPS) is 19.4. The molecule has 2 aliphatic heterocycles. The van der Waals surface area contributed by atoms with E-state index in [0.717, 1.165) is 63.5 Å². The van der Waals surface area contributed by atoms with Crippen molar-refractivity contribution in [1.29, 1.82) is 0 Å². The predicted octanol–water partition coefficient (Wildman–Crippen LogP) is 1.23. The van der Waals surface area contributed by atoms with Crippen molar-refractivity contribution in [3.05, 3.63) is 23.8 Å². The molecule has 0 aromatic heterocycles. The van der Waals surface area contributed by atoms with Crippen molar-refractivity contribution in [2.75, 3.05) is 38.1 Å². The Balaban J connectivity index is 1.50. The first-order chi connectivity index (χ1) is 10.2. The molecule has 0 spiro atoms. The number of carbonyl (C=O) groups excluding carboxylic acids is 1. The summed E-state index contributed by atoms with van der Waals surface area (Å²) in [5.74, 6) is 0.883. The van der Waals surface area contributed by atoms with E-state index in [1.54, 1.807) is 0 Å². The van der Waals surface area contributed by atoms with Crippen molar-refractivity contribution in [1.82, 2.24) is 4.90 Å². The van der Waals surface area contributed by atoms with E-state index in [2.05, 4.69) is 28.4 Å². The molecule has 21 heavy (non-hydrogen) atoms. The van der Waals surface area contributed by atoms with Crippen molar-refractivity contribution in [2.45, 2.75) is 19.3 Å². The SMILES string of the molecule is NC(=O)C1CCN(CCc2ccc3c(c2)NCCO3)CC1. The molecule has 5 heteroatoms. The van der Waals surface area contributed by atoms with Gasteiger partial charge in [0.05, 0.1) is 5.69 Å². The van der Waals surface area contributed by atoms with Crippen molar-refractivity contribution < 1.29 is 9.53 Å². The number of amides is 1. The number of fused-ring (bicyclic) bond motifs is 1. The lowest BCUT2D eigenvalue weighted by Crippen LogP contribution is -2.39. The van der Waals surface area contributed by atoms with Crippen LogP contribution in [-0.2, 0) is 11.2 Å². The van der Waals surface area contributed by atoms with Gasteiger partial charge in [-0.3, -0.25) is 4.79 Å². The predicted molar refractivity (Wildman–Crippen MR) is 82.5 cm³/mol. The van der Waals surface area contributed by atoms with E-state index in [4.69, 9.17) is 10.5 Å². The highest BCUT2D eigenvalue weighted by Crippen LogP contribution is 2.28. The van der Waals surface area contributed by atoms with E-state index in [-0.39, 0.29) is 11.8 Å². The first kappa shape index (κ1) is 14.2. The van der Waals surface area contributed by atoms with E-state index in [1.165, 1.54) is 5.56 Å². The van der Waals surface area contributed by atoms with Crippen LogP contribution < -0.4 is 15.8 Å². The van der Waals surface area contributed by atoms with Gasteiger partial charge in [0.2, 0.25) is 5.91 Å². The summed E-state index contributed by atoms with van der Waals surface area (Å²) in [6.45, 7) is 4.59. The van der Waals surface area contributed by atoms with Crippen LogP contribution in [0, 0.1) is 5.92 Å². The maximum Gasteiger partial charge on any atom is 0.220 e. The fraction of sp³-hybridized carbons (Fsp3) is 0.562. The van der Waals surface area contributed by atoms with Gasteiger partial charge < -0.3 is 20.7 Å². The lowest BCUT2D eigenvalue weighted by atomic mass is 9.96. The first-order valence-electron chi connectivity index (χ1n) is 7.73. The molecular weight excluding hydrogens is 266 g/mol. The standard InChI is InChI=1S/C16H23N3O2/c17-16(20)13-4-8-19(9-5-13)7-3-12-1-2-15-14(11-12)18-6-10-21-15/h1-2,11,13,18H,3-10H2,(H2,17,20). The smallest absolute Gasteiger partial charge is 0.220 e. The molecule has 0 saturated carbocycles. The highest BCUT2D eigenvalue weighted by molar-refractivity contribution is 5.76. The average Bonchev–Trinajstić information content (AvgIpc) is 2.53. The Bertz CT molecular complexity index is 510. The summed E-state index contributed by atoms with van der Waals surface area (Å²) in [7, 11) is 0. The number of likely N-dealkylation sites (tertiary alicyclic amines) is 1. The topological polar surface area (TPSA) is 67.6 Å². The van der Waals surface area contributed by atoms with Gasteiger partial charge in [0.25, 0.3) is 0 Å². The van der Waals surface area contributed by atoms with Gasteiger partial charge in [0.15, 0.2) is 0 Å². The van der Waals surface area contributed by atoms with Crippen molar-refractivity contribution in [2.24, 2.45) is 11.7 Å². The second kappa shape index (κ2) is 6.35. The molecule has 2 heterocycles. The van der Waals surface area contributed by atoms with Crippen molar-refractivity contribution in [3.8, 4) is 5.75 Å². The highest BCUT2D eigenvalue weighted by atomic mass is 16.5. The average molecular weight is 289 g/mol. The Morgan fingerprint density at radius 2 is 2.19 bits per heavy atom. The lowest BCUT2D eigenvalue weighted by molar-refractivity contribution is -0.123. The molecule has 0 radical (unpaired) electrons. The van der Waals surface area contributed by atoms with Gasteiger partial charge in [0, 0.05) is 19.0 Å². The summed E-state index contributed by atoms with van der Waals surface area (Å²) in [5, 5.41) is 3.37. The molecule has 0 aliphatic carbocycles. The van der Waals surface area contributed by atoms with Gasteiger partial charge in [-0.05, 0) is 50.0 Å². The van der Waals surface area contributed by atoms with Gasteiger partial charge in [-0.15, -0.1) is 0 Å². The molecule has 114 valence electrons. The van der Waals surface area contributed by atoms with Crippen LogP contribution in [0.2, 0.25) is 0 Å². The van der Waals surface area contributed by atoms with Gasteiger partial charge in [0.1, 0.15) is 12.4 Å². The largest absolute Gasteiger partial charge is 0.490 e. The quantitative estimate of drug-likeness (QED) is 0.875. The molecule has 1 fully saturated rings. The van der Waals surface area contributed by atoms with Gasteiger partial charge >= 0.3 is 0 Å². The van der Waals surface area contributed by atoms with Gasteiger partial charge in [-0.25, -0.2) is 0 Å². The van der Waals surface area contributed by atoms with Gasteiger partial charge in [-0.1, -0.05) is 6.07 Å². The molecule has 5 nitrogen and oxygen atoms in total. The number of nitrogens with zero attached hydrogens (tertiary/aromatic N) is 1. The highest BCUT2D eigenvalue weighted by Gasteiger charge is 2.22. The molecule has 1 saturated heterocycles. The molecule has 1 aromatic carbocycles. The number of rotatable bonds is 4. The van der Waals surface area contributed by atoms with Crippen LogP contribution in [0.25, 0.3) is 0 Å². The molecule has 3 rings (SSSR count). The fourth-order valence-corrected chi connectivity index (χ4v) is 3.07. The Hall–Kier alpha value is -1.75. The van der Waals surface area contributed by atoms with Crippen LogP contribution in [0.15, 0.2) is 18.2 Å². The minimum atomic E-state index is -0.143. The van der Waals surface area contributed by atoms with Crippen LogP contribution in [0.5, 0.6) is 5.75 Å². The van der Waals surface area contributed by atoms with E-state index in [1.807, 2.05) is 0 Å². The first-order valence-corrected chi connectivity index (χ1v) is 7.73. The van der Waals surface area contributed by atoms with Gasteiger partial charge in [-0.2, -0.15) is 0 Å². The Kier molecular flexibility index (Phi) is 4.29. The molecule has 0 unspecified atom stereocenters.